The second-order valence-corrected chi connectivity index (χ2v) is 9.10. The number of nitrogens with zero attached hydrogens (tertiary/aromatic N) is 3. The van der Waals surface area contributed by atoms with E-state index in [2.05, 4.69) is 22.3 Å². The predicted molar refractivity (Wildman–Crippen MR) is 112 cm³/mol. The van der Waals surface area contributed by atoms with Gasteiger partial charge in [-0.2, -0.15) is 0 Å². The molecule has 0 saturated carbocycles. The molecule has 7 heteroatoms. The lowest BCUT2D eigenvalue weighted by molar-refractivity contribution is -0.131. The minimum Gasteiger partial charge on any atom is -0.497 e. The summed E-state index contributed by atoms with van der Waals surface area (Å²) in [5.74, 6) is 1.51. The van der Waals surface area contributed by atoms with Crippen LogP contribution in [0.5, 0.6) is 5.75 Å². The average molecular weight is 414 g/mol. The van der Waals surface area contributed by atoms with E-state index in [4.69, 9.17) is 4.74 Å². The van der Waals surface area contributed by atoms with E-state index in [1.54, 1.807) is 29.8 Å². The van der Waals surface area contributed by atoms with Crippen LogP contribution in [-0.2, 0) is 17.6 Å². The van der Waals surface area contributed by atoms with Gasteiger partial charge in [-0.25, -0.2) is 0 Å². The van der Waals surface area contributed by atoms with Crippen LogP contribution in [0.3, 0.4) is 0 Å². The molecule has 0 atom stereocenters. The highest BCUT2D eigenvalue weighted by Gasteiger charge is 2.26. The molecule has 0 bridgehead atoms. The average Bonchev–Trinajstić information content (AvgIpc) is 3.41. The highest BCUT2D eigenvalue weighted by molar-refractivity contribution is 7.11. The predicted octanol–water partition coefficient (Wildman–Crippen LogP) is 4.15. The number of amides is 1. The molecular weight excluding hydrogens is 390 g/mol. The number of benzene rings is 1. The molecule has 28 heavy (non-hydrogen) atoms. The number of carbonyl (C=O) groups is 1. The molecule has 0 N–H and O–H groups in total. The molecule has 1 fully saturated rings. The van der Waals surface area contributed by atoms with E-state index in [1.807, 2.05) is 34.5 Å². The van der Waals surface area contributed by atoms with Crippen molar-refractivity contribution in [2.24, 2.45) is 0 Å². The molecule has 1 amide bonds. The van der Waals surface area contributed by atoms with Crippen LogP contribution in [0.25, 0.3) is 0 Å². The van der Waals surface area contributed by atoms with Crippen LogP contribution in [0.2, 0.25) is 0 Å². The van der Waals surface area contributed by atoms with E-state index < -0.39 is 0 Å². The number of thiophene rings is 1. The summed E-state index contributed by atoms with van der Waals surface area (Å²) in [6.45, 7) is 1.62. The molecule has 4 rings (SSSR count). The molecule has 0 aliphatic carbocycles. The molecule has 5 nitrogen and oxygen atoms in total. The minimum atomic E-state index is 0.235. The lowest BCUT2D eigenvalue weighted by Gasteiger charge is -2.30. The zero-order chi connectivity index (χ0) is 19.3. The smallest absolute Gasteiger partial charge is 0.227 e. The van der Waals surface area contributed by atoms with Gasteiger partial charge in [-0.05, 0) is 42.0 Å². The third-order valence-electron chi connectivity index (χ3n) is 5.10. The highest BCUT2D eigenvalue weighted by atomic mass is 32.1. The largest absolute Gasteiger partial charge is 0.497 e. The molecule has 1 aromatic carbocycles. The van der Waals surface area contributed by atoms with Crippen molar-refractivity contribution < 1.29 is 9.53 Å². The second-order valence-electron chi connectivity index (χ2n) is 6.97. The van der Waals surface area contributed by atoms with Gasteiger partial charge in [0, 0.05) is 30.3 Å². The van der Waals surface area contributed by atoms with Gasteiger partial charge in [0.25, 0.3) is 0 Å². The maximum Gasteiger partial charge on any atom is 0.227 e. The molecule has 2 aromatic heterocycles. The van der Waals surface area contributed by atoms with E-state index >= 15 is 0 Å². The van der Waals surface area contributed by atoms with Crippen molar-refractivity contribution >= 4 is 28.6 Å². The fraction of sp³-hybridized carbons (Fsp3) is 0.381. The Morgan fingerprint density at radius 3 is 2.64 bits per heavy atom. The summed E-state index contributed by atoms with van der Waals surface area (Å²) in [5.41, 5.74) is 1.21. The van der Waals surface area contributed by atoms with Gasteiger partial charge >= 0.3 is 0 Å². The first-order valence-electron chi connectivity index (χ1n) is 9.46. The Kier molecular flexibility index (Phi) is 6.02. The van der Waals surface area contributed by atoms with Crippen molar-refractivity contribution in [2.45, 2.75) is 31.6 Å². The number of carbonyl (C=O) groups excluding carboxylic acids is 1. The van der Waals surface area contributed by atoms with Crippen LogP contribution >= 0.6 is 22.7 Å². The number of likely N-dealkylation sites (tertiary alicyclic amines) is 1. The first-order chi connectivity index (χ1) is 13.7. The monoisotopic (exact) mass is 413 g/mol. The molecule has 0 unspecified atom stereocenters. The maximum absolute atomic E-state index is 12.5. The molecule has 1 saturated heterocycles. The van der Waals surface area contributed by atoms with Gasteiger partial charge in [-0.1, -0.05) is 18.2 Å². The van der Waals surface area contributed by atoms with E-state index in [9.17, 15) is 4.79 Å². The Morgan fingerprint density at radius 2 is 1.96 bits per heavy atom. The van der Waals surface area contributed by atoms with Crippen LogP contribution in [-0.4, -0.2) is 41.2 Å². The summed E-state index contributed by atoms with van der Waals surface area (Å²) in [6.07, 6.45) is 3.24. The van der Waals surface area contributed by atoms with Gasteiger partial charge < -0.3 is 9.64 Å². The Labute approximate surface area is 173 Å². The van der Waals surface area contributed by atoms with Gasteiger partial charge in [0.05, 0.1) is 13.5 Å². The van der Waals surface area contributed by atoms with E-state index in [-0.39, 0.29) is 5.91 Å². The van der Waals surface area contributed by atoms with Crippen LogP contribution in [0.15, 0.2) is 41.8 Å². The number of piperidine rings is 1. The highest BCUT2D eigenvalue weighted by Crippen LogP contribution is 2.31. The molecule has 1 aliphatic heterocycles. The molecule has 0 radical (unpaired) electrons. The van der Waals surface area contributed by atoms with E-state index in [0.29, 0.717) is 12.3 Å². The van der Waals surface area contributed by atoms with Crippen molar-refractivity contribution in [1.82, 2.24) is 15.1 Å². The molecular formula is C21H23N3O2S2. The van der Waals surface area contributed by atoms with Gasteiger partial charge in [0.15, 0.2) is 0 Å². The first kappa shape index (κ1) is 19.1. The number of hydrogen-bond acceptors (Lipinski definition) is 6. The molecule has 0 spiro atoms. The first-order valence-corrected chi connectivity index (χ1v) is 11.2. The Balaban J connectivity index is 1.30. The number of ether oxygens (including phenoxy) is 1. The SMILES string of the molecule is COc1ccc(Cc2nnc(C3CCN(C(=O)Cc4cccs4)CC3)s2)cc1. The summed E-state index contributed by atoms with van der Waals surface area (Å²) in [5, 5.41) is 13.0. The van der Waals surface area contributed by atoms with Gasteiger partial charge in [0.2, 0.25) is 5.91 Å². The van der Waals surface area contributed by atoms with Crippen molar-refractivity contribution in [3.05, 3.63) is 62.2 Å². The lowest BCUT2D eigenvalue weighted by Crippen LogP contribution is -2.38. The van der Waals surface area contributed by atoms with Crippen LogP contribution in [0.1, 0.15) is 39.2 Å². The van der Waals surface area contributed by atoms with Gasteiger partial charge in [0.1, 0.15) is 15.8 Å². The van der Waals surface area contributed by atoms with Gasteiger partial charge in [-0.3, -0.25) is 4.79 Å². The van der Waals surface area contributed by atoms with E-state index in [0.717, 1.165) is 53.0 Å². The topological polar surface area (TPSA) is 55.3 Å². The third kappa shape index (κ3) is 4.59. The number of rotatable bonds is 6. The second kappa shape index (κ2) is 8.84. The van der Waals surface area contributed by atoms with Crippen molar-refractivity contribution in [2.75, 3.05) is 20.2 Å². The molecule has 1 aliphatic rings. The molecule has 146 valence electrons. The van der Waals surface area contributed by atoms with E-state index in [1.165, 1.54) is 5.56 Å². The fourth-order valence-electron chi connectivity index (χ4n) is 3.47. The van der Waals surface area contributed by atoms with Gasteiger partial charge in [-0.15, -0.1) is 32.9 Å². The third-order valence-corrected chi connectivity index (χ3v) is 7.06. The van der Waals surface area contributed by atoms with Crippen molar-refractivity contribution in [1.29, 1.82) is 0 Å². The Morgan fingerprint density at radius 1 is 1.18 bits per heavy atom. The lowest BCUT2D eigenvalue weighted by atomic mass is 9.97. The normalized spacial score (nSPS) is 15.0. The summed E-state index contributed by atoms with van der Waals surface area (Å²) in [6, 6.07) is 12.1. The zero-order valence-electron chi connectivity index (χ0n) is 15.8. The quantitative estimate of drug-likeness (QED) is 0.609. The standard InChI is InChI=1S/C21H23N3O2S2/c1-26-17-6-4-15(5-7-17)13-19-22-23-21(28-19)16-8-10-24(11-9-16)20(25)14-18-3-2-12-27-18/h2-7,12,16H,8-11,13-14H2,1H3. The maximum atomic E-state index is 12.5. The molecule has 3 heterocycles. The number of methoxy groups -OCH3 is 1. The van der Waals surface area contributed by atoms with Crippen molar-refractivity contribution in [3.63, 3.8) is 0 Å². The number of hydrogen-bond donors (Lipinski definition) is 0. The summed E-state index contributed by atoms with van der Waals surface area (Å²) in [7, 11) is 1.67. The zero-order valence-corrected chi connectivity index (χ0v) is 17.5. The fourth-order valence-corrected chi connectivity index (χ4v) is 5.21. The van der Waals surface area contributed by atoms with Crippen LogP contribution in [0, 0.1) is 0 Å². The van der Waals surface area contributed by atoms with Crippen molar-refractivity contribution in [3.8, 4) is 5.75 Å². The van der Waals surface area contributed by atoms with Crippen LogP contribution < -0.4 is 4.74 Å². The minimum absolute atomic E-state index is 0.235. The number of aromatic nitrogens is 2. The van der Waals surface area contributed by atoms with Crippen LogP contribution in [0.4, 0.5) is 0 Å². The Bertz CT molecular complexity index is 898. The molecule has 3 aromatic rings. The summed E-state index contributed by atoms with van der Waals surface area (Å²) in [4.78, 5) is 15.6. The Hall–Kier alpha value is -2.25. The summed E-state index contributed by atoms with van der Waals surface area (Å²) < 4.78 is 5.20. The summed E-state index contributed by atoms with van der Waals surface area (Å²) >= 11 is 3.35.